The van der Waals surface area contributed by atoms with Crippen molar-refractivity contribution in [3.05, 3.63) is 48.3 Å². The minimum absolute atomic E-state index is 0.0829. The van der Waals surface area contributed by atoms with Crippen LogP contribution in [0, 0.1) is 0 Å². The number of carbonyl (C=O) groups is 1. The minimum Gasteiger partial charge on any atom is -0.495 e. The number of aromatic amines is 1. The van der Waals surface area contributed by atoms with E-state index in [9.17, 15) is 13.2 Å². The van der Waals surface area contributed by atoms with E-state index in [4.69, 9.17) is 9.47 Å². The predicted octanol–water partition coefficient (Wildman–Crippen LogP) is 1.84. The summed E-state index contributed by atoms with van der Waals surface area (Å²) in [6, 6.07) is 9.47. The van der Waals surface area contributed by atoms with Gasteiger partial charge in [-0.1, -0.05) is 0 Å². The van der Waals surface area contributed by atoms with Gasteiger partial charge in [-0.3, -0.25) is 4.79 Å². The molecule has 1 amide bonds. The maximum absolute atomic E-state index is 12.9. The fourth-order valence-corrected chi connectivity index (χ4v) is 4.59. The molecule has 0 atom stereocenters. The summed E-state index contributed by atoms with van der Waals surface area (Å²) >= 11 is 0. The zero-order valence-electron chi connectivity index (χ0n) is 15.7. The van der Waals surface area contributed by atoms with Gasteiger partial charge in [-0.25, -0.2) is 13.4 Å². The Kier molecular flexibility index (Phi) is 5.22. The number of carbonyl (C=O) groups excluding carboxylic acids is 1. The Labute approximate surface area is 167 Å². The van der Waals surface area contributed by atoms with Crippen molar-refractivity contribution >= 4 is 32.7 Å². The molecule has 1 aromatic heterocycles. The van der Waals surface area contributed by atoms with Gasteiger partial charge in [0.15, 0.2) is 0 Å². The highest BCUT2D eigenvalue weighted by molar-refractivity contribution is 7.89. The smallest absolute Gasteiger partial charge is 0.255 e. The van der Waals surface area contributed by atoms with Gasteiger partial charge in [0.1, 0.15) is 5.75 Å². The summed E-state index contributed by atoms with van der Waals surface area (Å²) in [6.45, 7) is 1.30. The number of benzene rings is 2. The summed E-state index contributed by atoms with van der Waals surface area (Å²) in [6.07, 6.45) is 1.55. The van der Waals surface area contributed by atoms with Crippen LogP contribution in [-0.4, -0.2) is 62.0 Å². The molecule has 0 saturated carbocycles. The number of hydrogen-bond donors (Lipinski definition) is 2. The summed E-state index contributed by atoms with van der Waals surface area (Å²) in [7, 11) is -2.24. The minimum atomic E-state index is -3.70. The van der Waals surface area contributed by atoms with Gasteiger partial charge in [-0.2, -0.15) is 4.31 Å². The SMILES string of the molecule is COc1ccc(S(=O)(=O)N2CCOCC2)cc1NC(=O)c1ccc2nc[nH]c2c1. The number of imidazole rings is 1. The second kappa shape index (κ2) is 7.82. The largest absolute Gasteiger partial charge is 0.495 e. The van der Waals surface area contributed by atoms with Crippen LogP contribution < -0.4 is 10.1 Å². The number of fused-ring (bicyclic) bond motifs is 1. The Bertz CT molecular complexity index is 1150. The second-order valence-corrected chi connectivity index (χ2v) is 8.41. The Morgan fingerprint density at radius 3 is 2.76 bits per heavy atom. The highest BCUT2D eigenvalue weighted by Gasteiger charge is 2.27. The molecule has 0 radical (unpaired) electrons. The van der Waals surface area contributed by atoms with Crippen LogP contribution in [0.15, 0.2) is 47.6 Å². The van der Waals surface area contributed by atoms with E-state index in [1.807, 2.05) is 0 Å². The lowest BCUT2D eigenvalue weighted by atomic mass is 10.2. The van der Waals surface area contributed by atoms with Gasteiger partial charge in [-0.15, -0.1) is 0 Å². The van der Waals surface area contributed by atoms with E-state index < -0.39 is 10.0 Å². The summed E-state index contributed by atoms with van der Waals surface area (Å²) in [4.78, 5) is 19.9. The number of morpholine rings is 1. The van der Waals surface area contributed by atoms with Gasteiger partial charge < -0.3 is 19.8 Å². The third kappa shape index (κ3) is 3.82. The fraction of sp³-hybridized carbons (Fsp3) is 0.263. The number of sulfonamides is 1. The standard InChI is InChI=1S/C19H20N4O5S/c1-27-18-5-3-14(29(25,26)23-6-8-28-9-7-23)11-17(18)22-19(24)13-2-4-15-16(10-13)21-12-20-15/h2-5,10-12H,6-9H2,1H3,(H,20,21)(H,22,24). The molecule has 1 aliphatic rings. The van der Waals surface area contributed by atoms with E-state index >= 15 is 0 Å². The summed E-state index contributed by atoms with van der Waals surface area (Å²) in [5, 5.41) is 2.74. The van der Waals surface area contributed by atoms with E-state index in [1.165, 1.54) is 29.6 Å². The lowest BCUT2D eigenvalue weighted by Gasteiger charge is -2.26. The molecule has 2 N–H and O–H groups in total. The normalized spacial score (nSPS) is 15.3. The molecular weight excluding hydrogens is 396 g/mol. The molecule has 0 unspecified atom stereocenters. The van der Waals surface area contributed by atoms with Crippen LogP contribution in [0.25, 0.3) is 11.0 Å². The molecule has 2 heterocycles. The average molecular weight is 416 g/mol. The number of nitrogens with zero attached hydrogens (tertiary/aromatic N) is 2. The highest BCUT2D eigenvalue weighted by atomic mass is 32.2. The molecule has 152 valence electrons. The van der Waals surface area contributed by atoms with Crippen LogP contribution in [0.1, 0.15) is 10.4 Å². The molecule has 2 aromatic carbocycles. The summed E-state index contributed by atoms with van der Waals surface area (Å²) < 4.78 is 37.7. The van der Waals surface area contributed by atoms with Gasteiger partial charge in [0.05, 0.1) is 48.3 Å². The second-order valence-electron chi connectivity index (χ2n) is 6.47. The van der Waals surface area contributed by atoms with Gasteiger partial charge in [-0.05, 0) is 36.4 Å². The van der Waals surface area contributed by atoms with Gasteiger partial charge in [0.2, 0.25) is 10.0 Å². The molecule has 0 aliphatic carbocycles. The van der Waals surface area contributed by atoms with Gasteiger partial charge in [0, 0.05) is 18.7 Å². The average Bonchev–Trinajstić information content (AvgIpc) is 3.22. The van der Waals surface area contributed by atoms with Crippen LogP contribution in [0.3, 0.4) is 0 Å². The molecule has 1 saturated heterocycles. The van der Waals surface area contributed by atoms with Crippen LogP contribution in [0.2, 0.25) is 0 Å². The third-order valence-corrected chi connectivity index (χ3v) is 6.60. The van der Waals surface area contributed by atoms with Crippen molar-refractivity contribution < 1.29 is 22.7 Å². The number of rotatable bonds is 5. The summed E-state index contributed by atoms with van der Waals surface area (Å²) in [5.74, 6) is -0.0254. The fourth-order valence-electron chi connectivity index (χ4n) is 3.15. The monoisotopic (exact) mass is 416 g/mol. The first-order valence-electron chi connectivity index (χ1n) is 8.99. The molecule has 3 aromatic rings. The zero-order chi connectivity index (χ0) is 20.4. The van der Waals surface area contributed by atoms with Gasteiger partial charge in [0.25, 0.3) is 5.91 Å². The van der Waals surface area contributed by atoms with Crippen LogP contribution in [0.5, 0.6) is 5.75 Å². The number of anilines is 1. The van der Waals surface area contributed by atoms with E-state index in [0.29, 0.717) is 37.6 Å². The Hall–Kier alpha value is -2.95. The van der Waals surface area contributed by atoms with Crippen molar-refractivity contribution in [3.63, 3.8) is 0 Å². The van der Waals surface area contributed by atoms with Crippen molar-refractivity contribution in [3.8, 4) is 5.75 Å². The maximum Gasteiger partial charge on any atom is 0.255 e. The molecule has 4 rings (SSSR count). The molecular formula is C19H20N4O5S. The molecule has 9 nitrogen and oxygen atoms in total. The highest BCUT2D eigenvalue weighted by Crippen LogP contribution is 2.30. The van der Waals surface area contributed by atoms with E-state index in [2.05, 4.69) is 15.3 Å². The number of H-pyrrole nitrogens is 1. The number of methoxy groups -OCH3 is 1. The first kappa shape index (κ1) is 19.4. The quantitative estimate of drug-likeness (QED) is 0.656. The Balaban J connectivity index is 1.63. The molecule has 0 spiro atoms. The van der Waals surface area contributed by atoms with Crippen LogP contribution >= 0.6 is 0 Å². The molecule has 10 heteroatoms. The van der Waals surface area contributed by atoms with Crippen molar-refractivity contribution in [2.45, 2.75) is 4.90 Å². The lowest BCUT2D eigenvalue weighted by molar-refractivity contribution is 0.0730. The molecule has 1 aliphatic heterocycles. The van der Waals surface area contributed by atoms with Crippen molar-refractivity contribution in [1.82, 2.24) is 14.3 Å². The molecule has 29 heavy (non-hydrogen) atoms. The topological polar surface area (TPSA) is 114 Å². The van der Waals surface area contributed by atoms with E-state index in [0.717, 1.165) is 11.0 Å². The Morgan fingerprint density at radius 2 is 2.00 bits per heavy atom. The first-order chi connectivity index (χ1) is 14.0. The number of aromatic nitrogens is 2. The van der Waals surface area contributed by atoms with Gasteiger partial charge >= 0.3 is 0 Å². The first-order valence-corrected chi connectivity index (χ1v) is 10.4. The number of nitrogens with one attached hydrogen (secondary N) is 2. The molecule has 1 fully saturated rings. The number of hydrogen-bond acceptors (Lipinski definition) is 6. The van der Waals surface area contributed by atoms with Crippen LogP contribution in [0.4, 0.5) is 5.69 Å². The predicted molar refractivity (Wildman–Crippen MR) is 107 cm³/mol. The van der Waals surface area contributed by atoms with Crippen molar-refractivity contribution in [1.29, 1.82) is 0 Å². The van der Waals surface area contributed by atoms with Crippen molar-refractivity contribution in [2.75, 3.05) is 38.7 Å². The number of amides is 1. The Morgan fingerprint density at radius 1 is 1.21 bits per heavy atom. The lowest BCUT2D eigenvalue weighted by Crippen LogP contribution is -2.40. The molecule has 0 bridgehead atoms. The zero-order valence-corrected chi connectivity index (χ0v) is 16.5. The number of ether oxygens (including phenoxy) is 2. The van der Waals surface area contributed by atoms with Crippen molar-refractivity contribution in [2.24, 2.45) is 0 Å². The van der Waals surface area contributed by atoms with E-state index in [-0.39, 0.29) is 16.5 Å². The third-order valence-electron chi connectivity index (χ3n) is 4.71. The van der Waals surface area contributed by atoms with E-state index in [1.54, 1.807) is 24.5 Å². The summed E-state index contributed by atoms with van der Waals surface area (Å²) in [5.41, 5.74) is 2.16. The van der Waals surface area contributed by atoms with Crippen LogP contribution in [-0.2, 0) is 14.8 Å². The maximum atomic E-state index is 12.9.